The monoisotopic (exact) mass is 514 g/mol. The van der Waals surface area contributed by atoms with Crippen molar-refractivity contribution in [3.05, 3.63) is 82.9 Å². The number of anilines is 1. The van der Waals surface area contributed by atoms with E-state index in [-0.39, 0.29) is 5.78 Å². The van der Waals surface area contributed by atoms with E-state index in [0.717, 1.165) is 68.5 Å². The molecule has 2 heterocycles. The first-order chi connectivity index (χ1) is 18.6. The lowest BCUT2D eigenvalue weighted by atomic mass is 10.00. The molecule has 2 aliphatic rings. The van der Waals surface area contributed by atoms with Crippen molar-refractivity contribution in [2.45, 2.75) is 32.1 Å². The van der Waals surface area contributed by atoms with E-state index in [9.17, 15) is 4.79 Å². The van der Waals surface area contributed by atoms with E-state index in [2.05, 4.69) is 21.9 Å². The highest BCUT2D eigenvalue weighted by Gasteiger charge is 2.22. The quantitative estimate of drug-likeness (QED) is 0.356. The number of rotatable bonds is 9. The first-order valence-corrected chi connectivity index (χ1v) is 13.7. The first kappa shape index (κ1) is 26.1. The van der Waals surface area contributed by atoms with Gasteiger partial charge in [0.15, 0.2) is 5.78 Å². The normalized spacial score (nSPS) is 15.9. The van der Waals surface area contributed by atoms with Gasteiger partial charge in [-0.15, -0.1) is 0 Å². The summed E-state index contributed by atoms with van der Waals surface area (Å²) in [6.45, 7) is 5.59. The van der Waals surface area contributed by atoms with Crippen LogP contribution in [0.3, 0.4) is 0 Å². The van der Waals surface area contributed by atoms with Crippen molar-refractivity contribution >= 4 is 11.5 Å². The number of benzene rings is 3. The van der Waals surface area contributed by atoms with Gasteiger partial charge in [0.05, 0.1) is 19.9 Å². The predicted molar refractivity (Wildman–Crippen MR) is 151 cm³/mol. The largest absolute Gasteiger partial charge is 0.497 e. The number of ether oxygens (including phenoxy) is 3. The number of fused-ring (bicyclic) bond motifs is 1. The van der Waals surface area contributed by atoms with Gasteiger partial charge in [0.25, 0.3) is 0 Å². The number of carbonyl (C=O) groups is 1. The van der Waals surface area contributed by atoms with Gasteiger partial charge in [-0.1, -0.05) is 12.5 Å². The molecule has 0 radical (unpaired) electrons. The fourth-order valence-corrected chi connectivity index (χ4v) is 5.50. The molecule has 38 heavy (non-hydrogen) atoms. The highest BCUT2D eigenvalue weighted by atomic mass is 16.5. The van der Waals surface area contributed by atoms with Crippen molar-refractivity contribution in [1.82, 2.24) is 4.90 Å². The minimum atomic E-state index is 0.00551. The summed E-state index contributed by atoms with van der Waals surface area (Å²) in [6, 6.07) is 19.6. The van der Waals surface area contributed by atoms with Crippen LogP contribution in [0.2, 0.25) is 0 Å². The molecule has 0 N–H and O–H groups in total. The van der Waals surface area contributed by atoms with Crippen LogP contribution in [-0.4, -0.2) is 64.2 Å². The molecule has 0 bridgehead atoms. The van der Waals surface area contributed by atoms with Crippen molar-refractivity contribution in [1.29, 1.82) is 0 Å². The molecule has 0 unspecified atom stereocenters. The molecule has 0 aromatic heterocycles. The summed E-state index contributed by atoms with van der Waals surface area (Å²) in [5.41, 5.74) is 4.89. The lowest BCUT2D eigenvalue weighted by molar-refractivity contribution is 0.103. The van der Waals surface area contributed by atoms with Crippen molar-refractivity contribution < 1.29 is 19.0 Å². The maximum absolute atomic E-state index is 13.7. The van der Waals surface area contributed by atoms with Crippen molar-refractivity contribution in [2.75, 3.05) is 58.5 Å². The van der Waals surface area contributed by atoms with Crippen molar-refractivity contribution in [3.8, 4) is 17.2 Å². The standard InChI is InChI=1S/C32H38N2O4/c1-36-28-11-6-24-14-18-34(19-15-26(24)22-28)31-23-29(37-2)12-13-30(31)32(35)25-7-9-27(10-8-25)38-21-20-33-16-4-3-5-17-33/h6-13,22-23H,3-5,14-21H2,1-2H3. The van der Waals surface area contributed by atoms with Gasteiger partial charge in [0.1, 0.15) is 23.9 Å². The third-order valence-corrected chi connectivity index (χ3v) is 7.75. The van der Waals surface area contributed by atoms with Gasteiger partial charge in [-0.3, -0.25) is 9.69 Å². The predicted octanol–water partition coefficient (Wildman–Crippen LogP) is 5.40. The van der Waals surface area contributed by atoms with Gasteiger partial charge in [-0.05, 0) is 98.4 Å². The Hall–Kier alpha value is -3.51. The fourth-order valence-electron chi connectivity index (χ4n) is 5.50. The third-order valence-electron chi connectivity index (χ3n) is 7.75. The van der Waals surface area contributed by atoms with E-state index in [1.165, 1.54) is 30.4 Å². The first-order valence-electron chi connectivity index (χ1n) is 13.7. The Morgan fingerprint density at radius 3 is 2.13 bits per heavy atom. The molecule has 3 aromatic carbocycles. The summed E-state index contributed by atoms with van der Waals surface area (Å²) in [5, 5.41) is 0. The number of piperidine rings is 1. The third kappa shape index (κ3) is 6.13. The number of likely N-dealkylation sites (tertiary alicyclic amines) is 1. The van der Waals surface area contributed by atoms with Crippen LogP contribution in [0, 0.1) is 0 Å². The van der Waals surface area contributed by atoms with Crippen LogP contribution in [0.5, 0.6) is 17.2 Å². The Labute approximate surface area is 226 Å². The second-order valence-electron chi connectivity index (χ2n) is 10.1. The van der Waals surface area contributed by atoms with Crippen LogP contribution >= 0.6 is 0 Å². The Kier molecular flexibility index (Phi) is 8.49. The maximum Gasteiger partial charge on any atom is 0.195 e. The molecule has 6 nitrogen and oxygen atoms in total. The summed E-state index contributed by atoms with van der Waals surface area (Å²) in [5.74, 6) is 2.44. The molecule has 0 aliphatic carbocycles. The molecule has 1 saturated heterocycles. The van der Waals surface area contributed by atoms with Gasteiger partial charge in [-0.25, -0.2) is 0 Å². The lowest BCUT2D eigenvalue weighted by Crippen LogP contribution is -2.33. The molecule has 0 spiro atoms. The van der Waals surface area contributed by atoms with E-state index in [4.69, 9.17) is 14.2 Å². The Bertz CT molecular complexity index is 1230. The lowest BCUT2D eigenvalue weighted by Gasteiger charge is -2.26. The average Bonchev–Trinajstić information content (AvgIpc) is 3.19. The van der Waals surface area contributed by atoms with E-state index in [0.29, 0.717) is 17.7 Å². The summed E-state index contributed by atoms with van der Waals surface area (Å²) < 4.78 is 16.9. The maximum atomic E-state index is 13.7. The molecular weight excluding hydrogens is 476 g/mol. The molecule has 200 valence electrons. The number of carbonyl (C=O) groups excluding carboxylic acids is 1. The van der Waals surface area contributed by atoms with E-state index in [1.807, 2.05) is 48.5 Å². The number of nitrogens with zero attached hydrogens (tertiary/aromatic N) is 2. The van der Waals surface area contributed by atoms with Gasteiger partial charge < -0.3 is 19.1 Å². The smallest absolute Gasteiger partial charge is 0.195 e. The second-order valence-corrected chi connectivity index (χ2v) is 10.1. The van der Waals surface area contributed by atoms with E-state index >= 15 is 0 Å². The summed E-state index contributed by atoms with van der Waals surface area (Å²) in [4.78, 5) is 18.5. The topological polar surface area (TPSA) is 51.2 Å². The van der Waals surface area contributed by atoms with Crippen LogP contribution in [0.4, 0.5) is 5.69 Å². The molecule has 6 heteroatoms. The van der Waals surface area contributed by atoms with E-state index in [1.54, 1.807) is 14.2 Å². The van der Waals surface area contributed by atoms with Gasteiger partial charge in [-0.2, -0.15) is 0 Å². The highest BCUT2D eigenvalue weighted by molar-refractivity contribution is 6.12. The zero-order chi connectivity index (χ0) is 26.3. The molecule has 2 aliphatic heterocycles. The van der Waals surface area contributed by atoms with Crippen LogP contribution < -0.4 is 19.1 Å². The Balaban J connectivity index is 1.29. The molecule has 3 aromatic rings. The minimum Gasteiger partial charge on any atom is -0.497 e. The van der Waals surface area contributed by atoms with E-state index < -0.39 is 0 Å². The zero-order valence-electron chi connectivity index (χ0n) is 22.6. The van der Waals surface area contributed by atoms with Gasteiger partial charge in [0, 0.05) is 36.8 Å². The fraction of sp³-hybridized carbons (Fsp3) is 0.406. The Morgan fingerprint density at radius 2 is 1.39 bits per heavy atom. The van der Waals surface area contributed by atoms with Gasteiger partial charge >= 0.3 is 0 Å². The second kappa shape index (κ2) is 12.4. The zero-order valence-corrected chi connectivity index (χ0v) is 22.6. The molecule has 0 atom stereocenters. The molecular formula is C32H38N2O4. The SMILES string of the molecule is COc1ccc2c(c1)CCN(c1cc(OC)ccc1C(=O)c1ccc(OCCN3CCCCC3)cc1)CC2. The van der Waals surface area contributed by atoms with Gasteiger partial charge in [0.2, 0.25) is 0 Å². The van der Waals surface area contributed by atoms with Crippen LogP contribution in [0.25, 0.3) is 0 Å². The minimum absolute atomic E-state index is 0.00551. The van der Waals surface area contributed by atoms with Crippen LogP contribution in [-0.2, 0) is 12.8 Å². The molecule has 1 fully saturated rings. The molecule has 0 saturated carbocycles. The van der Waals surface area contributed by atoms with Crippen LogP contribution in [0.15, 0.2) is 60.7 Å². The average molecular weight is 515 g/mol. The summed E-state index contributed by atoms with van der Waals surface area (Å²) in [7, 11) is 3.36. The highest BCUT2D eigenvalue weighted by Crippen LogP contribution is 2.31. The van der Waals surface area contributed by atoms with Crippen molar-refractivity contribution in [2.24, 2.45) is 0 Å². The number of methoxy groups -OCH3 is 2. The number of ketones is 1. The van der Waals surface area contributed by atoms with Crippen LogP contribution in [0.1, 0.15) is 46.3 Å². The Morgan fingerprint density at radius 1 is 0.737 bits per heavy atom. The molecule has 0 amide bonds. The number of hydrogen-bond donors (Lipinski definition) is 0. The summed E-state index contributed by atoms with van der Waals surface area (Å²) in [6.07, 6.45) is 5.70. The van der Waals surface area contributed by atoms with Crippen molar-refractivity contribution in [3.63, 3.8) is 0 Å². The molecule has 5 rings (SSSR count). The summed E-state index contributed by atoms with van der Waals surface area (Å²) >= 11 is 0. The number of hydrogen-bond acceptors (Lipinski definition) is 6.